The summed E-state index contributed by atoms with van der Waals surface area (Å²) in [6.07, 6.45) is 4.52. The van der Waals surface area contributed by atoms with Crippen molar-refractivity contribution in [3.63, 3.8) is 0 Å². The first-order chi connectivity index (χ1) is 10.1. The van der Waals surface area contributed by atoms with Crippen LogP contribution in [0.4, 0.5) is 0 Å². The minimum atomic E-state index is -0.0960. The van der Waals surface area contributed by atoms with Gasteiger partial charge in [-0.15, -0.1) is 0 Å². The maximum Gasteiger partial charge on any atom is 0.137 e. The van der Waals surface area contributed by atoms with E-state index in [4.69, 9.17) is 10.6 Å². The Morgan fingerprint density at radius 2 is 1.81 bits per heavy atom. The maximum atomic E-state index is 5.77. The zero-order chi connectivity index (χ0) is 15.2. The van der Waals surface area contributed by atoms with Crippen molar-refractivity contribution in [2.45, 2.75) is 33.2 Å². The molecule has 4 heteroatoms. The van der Waals surface area contributed by atoms with Crippen LogP contribution in [0.3, 0.4) is 0 Å². The molecule has 0 aliphatic rings. The number of ether oxygens (including phenoxy) is 1. The van der Waals surface area contributed by atoms with E-state index in [1.165, 1.54) is 11.1 Å². The molecular formula is C17H23N3O. The standard InChI is InChI=1S/C17H23N3O/c1-4-5-21-16-9-15(10-19-11-16)17(20-18)14-7-12(2)6-13(3)8-14/h6-11,17,20H,4-5,18H2,1-3H3. The van der Waals surface area contributed by atoms with Gasteiger partial charge in [-0.25, -0.2) is 5.43 Å². The summed E-state index contributed by atoms with van der Waals surface area (Å²) in [6.45, 7) is 6.94. The fraction of sp³-hybridized carbons (Fsp3) is 0.353. The van der Waals surface area contributed by atoms with Crippen molar-refractivity contribution >= 4 is 0 Å². The van der Waals surface area contributed by atoms with Crippen molar-refractivity contribution in [1.82, 2.24) is 10.4 Å². The molecule has 0 aliphatic carbocycles. The lowest BCUT2D eigenvalue weighted by Crippen LogP contribution is -2.29. The Balaban J connectivity index is 2.32. The Morgan fingerprint density at radius 3 is 2.43 bits per heavy atom. The second kappa shape index (κ2) is 7.20. The Labute approximate surface area is 126 Å². The molecule has 1 atom stereocenters. The Bertz CT molecular complexity index is 578. The molecule has 2 rings (SSSR count). The smallest absolute Gasteiger partial charge is 0.137 e. The van der Waals surface area contributed by atoms with Gasteiger partial charge in [-0.3, -0.25) is 10.8 Å². The maximum absolute atomic E-state index is 5.77. The second-order valence-electron chi connectivity index (χ2n) is 5.32. The number of benzene rings is 1. The van der Waals surface area contributed by atoms with Gasteiger partial charge in [0.2, 0.25) is 0 Å². The quantitative estimate of drug-likeness (QED) is 0.632. The van der Waals surface area contributed by atoms with Crippen molar-refractivity contribution in [3.05, 3.63) is 58.9 Å². The number of aromatic nitrogens is 1. The molecule has 4 nitrogen and oxygen atoms in total. The molecule has 0 spiro atoms. The van der Waals surface area contributed by atoms with Crippen LogP contribution in [0.25, 0.3) is 0 Å². The van der Waals surface area contributed by atoms with Gasteiger partial charge in [0.25, 0.3) is 0 Å². The van der Waals surface area contributed by atoms with Gasteiger partial charge in [0.05, 0.1) is 18.8 Å². The predicted octanol–water partition coefficient (Wildman–Crippen LogP) is 3.04. The van der Waals surface area contributed by atoms with Crippen molar-refractivity contribution in [1.29, 1.82) is 0 Å². The number of aryl methyl sites for hydroxylation is 2. The monoisotopic (exact) mass is 285 g/mol. The molecule has 1 aromatic heterocycles. The van der Waals surface area contributed by atoms with Crippen LogP contribution in [0.15, 0.2) is 36.7 Å². The van der Waals surface area contributed by atoms with E-state index in [0.29, 0.717) is 6.61 Å². The van der Waals surface area contributed by atoms with E-state index < -0.39 is 0 Å². The van der Waals surface area contributed by atoms with E-state index >= 15 is 0 Å². The van der Waals surface area contributed by atoms with Gasteiger partial charge in [0.15, 0.2) is 0 Å². The van der Waals surface area contributed by atoms with Crippen LogP contribution in [0, 0.1) is 13.8 Å². The minimum Gasteiger partial charge on any atom is -0.492 e. The molecule has 0 fully saturated rings. The van der Waals surface area contributed by atoms with Crippen LogP contribution >= 0.6 is 0 Å². The molecule has 21 heavy (non-hydrogen) atoms. The fourth-order valence-electron chi connectivity index (χ4n) is 2.45. The summed E-state index contributed by atoms with van der Waals surface area (Å²) in [4.78, 5) is 4.26. The summed E-state index contributed by atoms with van der Waals surface area (Å²) in [7, 11) is 0. The predicted molar refractivity (Wildman–Crippen MR) is 85.1 cm³/mol. The van der Waals surface area contributed by atoms with E-state index in [2.05, 4.69) is 49.4 Å². The van der Waals surface area contributed by atoms with E-state index in [-0.39, 0.29) is 6.04 Å². The Kier molecular flexibility index (Phi) is 5.31. The normalized spacial score (nSPS) is 12.2. The molecule has 112 valence electrons. The summed E-state index contributed by atoms with van der Waals surface area (Å²) in [5, 5.41) is 0. The van der Waals surface area contributed by atoms with Crippen molar-refractivity contribution in [2.24, 2.45) is 5.84 Å². The summed E-state index contributed by atoms with van der Waals surface area (Å²) in [5.74, 6) is 6.55. The van der Waals surface area contributed by atoms with Crippen LogP contribution < -0.4 is 16.0 Å². The van der Waals surface area contributed by atoms with E-state index in [0.717, 1.165) is 23.3 Å². The number of pyridine rings is 1. The Morgan fingerprint density at radius 1 is 1.10 bits per heavy atom. The molecule has 1 aromatic carbocycles. The van der Waals surface area contributed by atoms with Gasteiger partial charge in [-0.1, -0.05) is 36.2 Å². The molecule has 0 amide bonds. The molecule has 0 saturated carbocycles. The average molecular weight is 285 g/mol. The molecule has 1 unspecified atom stereocenters. The number of rotatable bonds is 6. The molecule has 0 bridgehead atoms. The van der Waals surface area contributed by atoms with Crippen LogP contribution in [0.2, 0.25) is 0 Å². The van der Waals surface area contributed by atoms with Gasteiger partial charge in [-0.05, 0) is 37.5 Å². The van der Waals surface area contributed by atoms with Crippen LogP contribution in [-0.2, 0) is 0 Å². The van der Waals surface area contributed by atoms with Crippen molar-refractivity contribution in [2.75, 3.05) is 6.61 Å². The van der Waals surface area contributed by atoms with Crippen molar-refractivity contribution in [3.8, 4) is 5.75 Å². The zero-order valence-electron chi connectivity index (χ0n) is 12.9. The molecular weight excluding hydrogens is 262 g/mol. The van der Waals surface area contributed by atoms with Gasteiger partial charge >= 0.3 is 0 Å². The lowest BCUT2D eigenvalue weighted by molar-refractivity contribution is 0.315. The average Bonchev–Trinajstić information content (AvgIpc) is 2.45. The number of hydrogen-bond donors (Lipinski definition) is 2. The molecule has 1 heterocycles. The minimum absolute atomic E-state index is 0.0960. The molecule has 0 radical (unpaired) electrons. The summed E-state index contributed by atoms with van der Waals surface area (Å²) >= 11 is 0. The third-order valence-electron chi connectivity index (χ3n) is 3.28. The van der Waals surface area contributed by atoms with Crippen LogP contribution in [0.5, 0.6) is 5.75 Å². The first kappa shape index (κ1) is 15.5. The lowest BCUT2D eigenvalue weighted by atomic mass is 9.97. The second-order valence-corrected chi connectivity index (χ2v) is 5.32. The number of nitrogens with one attached hydrogen (secondary N) is 1. The third kappa shape index (κ3) is 4.03. The molecule has 0 aliphatic heterocycles. The first-order valence-corrected chi connectivity index (χ1v) is 7.26. The highest BCUT2D eigenvalue weighted by molar-refractivity contribution is 5.37. The largest absolute Gasteiger partial charge is 0.492 e. The van der Waals surface area contributed by atoms with E-state index in [1.807, 2.05) is 12.3 Å². The van der Waals surface area contributed by atoms with Gasteiger partial charge in [0.1, 0.15) is 5.75 Å². The highest BCUT2D eigenvalue weighted by atomic mass is 16.5. The zero-order valence-corrected chi connectivity index (χ0v) is 12.9. The van der Waals surface area contributed by atoms with E-state index in [9.17, 15) is 0 Å². The number of hydrazine groups is 1. The summed E-state index contributed by atoms with van der Waals surface area (Å²) in [6, 6.07) is 8.32. The lowest BCUT2D eigenvalue weighted by Gasteiger charge is -2.18. The van der Waals surface area contributed by atoms with Gasteiger partial charge in [0, 0.05) is 6.20 Å². The molecule has 0 saturated heterocycles. The van der Waals surface area contributed by atoms with Gasteiger partial charge in [-0.2, -0.15) is 0 Å². The highest BCUT2D eigenvalue weighted by Crippen LogP contribution is 2.25. The third-order valence-corrected chi connectivity index (χ3v) is 3.28. The molecule has 2 aromatic rings. The number of hydrogen-bond acceptors (Lipinski definition) is 4. The fourth-order valence-corrected chi connectivity index (χ4v) is 2.45. The summed E-state index contributed by atoms with van der Waals surface area (Å²) < 4.78 is 5.64. The van der Waals surface area contributed by atoms with Crippen LogP contribution in [0.1, 0.15) is 41.6 Å². The van der Waals surface area contributed by atoms with Crippen LogP contribution in [-0.4, -0.2) is 11.6 Å². The number of nitrogens with two attached hydrogens (primary N) is 1. The SMILES string of the molecule is CCCOc1cncc(C(NN)c2cc(C)cc(C)c2)c1. The summed E-state index contributed by atoms with van der Waals surface area (Å²) in [5.41, 5.74) is 7.44. The Hall–Kier alpha value is -1.91. The molecule has 3 N–H and O–H groups in total. The highest BCUT2D eigenvalue weighted by Gasteiger charge is 2.14. The first-order valence-electron chi connectivity index (χ1n) is 7.26. The van der Waals surface area contributed by atoms with Gasteiger partial charge < -0.3 is 4.74 Å². The van der Waals surface area contributed by atoms with E-state index in [1.54, 1.807) is 6.20 Å². The van der Waals surface area contributed by atoms with Crippen molar-refractivity contribution < 1.29 is 4.74 Å². The topological polar surface area (TPSA) is 60.2 Å². The number of nitrogens with zero attached hydrogens (tertiary/aromatic N) is 1.